The van der Waals surface area contributed by atoms with Gasteiger partial charge in [-0.15, -0.1) is 0 Å². The van der Waals surface area contributed by atoms with Crippen molar-refractivity contribution in [2.75, 3.05) is 7.05 Å². The molecule has 0 aliphatic heterocycles. The quantitative estimate of drug-likeness (QED) is 0.682. The van der Waals surface area contributed by atoms with Gasteiger partial charge in [0, 0.05) is 19.2 Å². The molecule has 0 aliphatic rings. The van der Waals surface area contributed by atoms with Gasteiger partial charge in [0.2, 0.25) is 0 Å². The Balaban J connectivity index is 2.18. The van der Waals surface area contributed by atoms with Crippen molar-refractivity contribution in [1.82, 2.24) is 20.1 Å². The van der Waals surface area contributed by atoms with Gasteiger partial charge in [0.15, 0.2) is 0 Å². The molecule has 0 bridgehead atoms. The number of carbonyl (C=O) groups excluding carboxylic acids is 1. The van der Waals surface area contributed by atoms with E-state index >= 15 is 0 Å². The first-order chi connectivity index (χ1) is 9.49. The van der Waals surface area contributed by atoms with Gasteiger partial charge in [0.25, 0.3) is 11.6 Å². The molecule has 1 amide bonds. The van der Waals surface area contributed by atoms with E-state index < -0.39 is 4.92 Å². The van der Waals surface area contributed by atoms with E-state index in [1.165, 1.54) is 23.4 Å². The number of benzene rings is 1. The molecule has 8 nitrogen and oxygen atoms in total. The summed E-state index contributed by atoms with van der Waals surface area (Å²) in [5.41, 5.74) is 0.0312. The van der Waals surface area contributed by atoms with Crippen LogP contribution in [0.2, 0.25) is 5.02 Å². The third kappa shape index (κ3) is 2.91. The van der Waals surface area contributed by atoms with Crippen molar-refractivity contribution in [3.8, 4) is 0 Å². The number of nitro groups is 1. The molecule has 1 heterocycles. The van der Waals surface area contributed by atoms with E-state index in [1.807, 2.05) is 0 Å². The van der Waals surface area contributed by atoms with Crippen LogP contribution in [0, 0.1) is 10.1 Å². The molecule has 0 unspecified atom stereocenters. The Morgan fingerprint density at radius 3 is 2.85 bits per heavy atom. The Hall–Kier alpha value is -2.48. The van der Waals surface area contributed by atoms with Crippen LogP contribution in [-0.2, 0) is 6.54 Å². The summed E-state index contributed by atoms with van der Waals surface area (Å²) in [6.07, 6.45) is 1.34. The molecule has 2 rings (SSSR count). The van der Waals surface area contributed by atoms with E-state index in [9.17, 15) is 14.9 Å². The van der Waals surface area contributed by atoms with Gasteiger partial charge < -0.3 is 4.90 Å². The Bertz CT molecular complexity index is 644. The average Bonchev–Trinajstić information content (AvgIpc) is 2.90. The van der Waals surface area contributed by atoms with Crippen LogP contribution >= 0.6 is 11.6 Å². The monoisotopic (exact) mass is 295 g/mol. The summed E-state index contributed by atoms with van der Waals surface area (Å²) in [5.74, 6) is 0.167. The van der Waals surface area contributed by atoms with Crippen LogP contribution in [0.5, 0.6) is 0 Å². The molecule has 0 saturated carbocycles. The predicted molar refractivity (Wildman–Crippen MR) is 70.3 cm³/mol. The number of H-pyrrole nitrogens is 1. The molecule has 1 aromatic heterocycles. The van der Waals surface area contributed by atoms with Crippen LogP contribution in [0.1, 0.15) is 16.2 Å². The summed E-state index contributed by atoms with van der Waals surface area (Å²) in [7, 11) is 1.57. The van der Waals surface area contributed by atoms with Crippen molar-refractivity contribution in [2.24, 2.45) is 0 Å². The van der Waals surface area contributed by atoms with Crippen LogP contribution in [0.4, 0.5) is 5.69 Å². The van der Waals surface area contributed by atoms with E-state index in [-0.39, 0.29) is 28.7 Å². The van der Waals surface area contributed by atoms with E-state index in [4.69, 9.17) is 11.6 Å². The van der Waals surface area contributed by atoms with Crippen molar-refractivity contribution in [3.05, 3.63) is 51.1 Å². The summed E-state index contributed by atoms with van der Waals surface area (Å²) < 4.78 is 0. The lowest BCUT2D eigenvalue weighted by Crippen LogP contribution is -2.27. The molecular weight excluding hydrogens is 286 g/mol. The lowest BCUT2D eigenvalue weighted by molar-refractivity contribution is -0.384. The van der Waals surface area contributed by atoms with Crippen molar-refractivity contribution >= 4 is 23.2 Å². The predicted octanol–water partition coefficient (Wildman–Crippen LogP) is 1.64. The lowest BCUT2D eigenvalue weighted by Gasteiger charge is -2.16. The van der Waals surface area contributed by atoms with Crippen molar-refractivity contribution in [2.45, 2.75) is 6.54 Å². The van der Waals surface area contributed by atoms with Gasteiger partial charge in [0.05, 0.1) is 22.1 Å². The molecule has 20 heavy (non-hydrogen) atoms. The second-order valence-corrected chi connectivity index (χ2v) is 4.42. The smallest absolute Gasteiger partial charge is 0.270 e. The maximum absolute atomic E-state index is 12.2. The Labute approximate surface area is 118 Å². The molecule has 1 aromatic carbocycles. The first kappa shape index (κ1) is 13.9. The summed E-state index contributed by atoms with van der Waals surface area (Å²) in [6.45, 7) is 0.228. The third-order valence-corrected chi connectivity index (χ3v) is 2.91. The molecule has 0 spiro atoms. The molecule has 104 valence electrons. The first-order valence-electron chi connectivity index (χ1n) is 5.52. The van der Waals surface area contributed by atoms with E-state index in [2.05, 4.69) is 15.2 Å². The number of aromatic amines is 1. The number of amides is 1. The number of aromatic nitrogens is 3. The minimum absolute atomic E-state index is 0.0358. The number of halogens is 1. The number of nitro benzene ring substituents is 1. The first-order valence-corrected chi connectivity index (χ1v) is 5.90. The highest BCUT2D eigenvalue weighted by molar-refractivity contribution is 6.34. The molecule has 0 radical (unpaired) electrons. The van der Waals surface area contributed by atoms with Crippen LogP contribution in [0.3, 0.4) is 0 Å². The highest BCUT2D eigenvalue weighted by atomic mass is 35.5. The van der Waals surface area contributed by atoms with Gasteiger partial charge in [-0.3, -0.25) is 20.0 Å². The molecule has 2 aromatic rings. The van der Waals surface area contributed by atoms with Gasteiger partial charge in [-0.2, -0.15) is 5.10 Å². The molecule has 0 saturated heterocycles. The van der Waals surface area contributed by atoms with Crippen molar-refractivity contribution in [3.63, 3.8) is 0 Å². The van der Waals surface area contributed by atoms with Crippen LogP contribution in [0.25, 0.3) is 0 Å². The fourth-order valence-corrected chi connectivity index (χ4v) is 1.86. The molecule has 1 N–H and O–H groups in total. The fraction of sp³-hybridized carbons (Fsp3) is 0.182. The summed E-state index contributed by atoms with van der Waals surface area (Å²) in [4.78, 5) is 27.5. The zero-order chi connectivity index (χ0) is 14.7. The van der Waals surface area contributed by atoms with Crippen LogP contribution < -0.4 is 0 Å². The van der Waals surface area contributed by atoms with E-state index in [1.54, 1.807) is 7.05 Å². The minimum Gasteiger partial charge on any atom is -0.334 e. The fourth-order valence-electron chi connectivity index (χ4n) is 1.60. The highest BCUT2D eigenvalue weighted by Gasteiger charge is 2.18. The van der Waals surface area contributed by atoms with Crippen molar-refractivity contribution < 1.29 is 9.72 Å². The second kappa shape index (κ2) is 5.66. The Morgan fingerprint density at radius 2 is 2.30 bits per heavy atom. The molecule has 0 atom stereocenters. The summed E-state index contributed by atoms with van der Waals surface area (Å²) >= 11 is 5.91. The highest BCUT2D eigenvalue weighted by Crippen LogP contribution is 2.23. The largest absolute Gasteiger partial charge is 0.334 e. The molecule has 0 aliphatic carbocycles. The Kier molecular flexibility index (Phi) is 3.94. The topological polar surface area (TPSA) is 105 Å². The summed E-state index contributed by atoms with van der Waals surface area (Å²) in [6, 6.07) is 3.72. The SMILES string of the molecule is CN(Cc1ncn[nH]1)C(=O)c1ccc([N+](=O)[O-])cc1Cl. The maximum Gasteiger partial charge on any atom is 0.270 e. The number of hydrogen-bond donors (Lipinski definition) is 1. The second-order valence-electron chi connectivity index (χ2n) is 4.01. The van der Waals surface area contributed by atoms with Gasteiger partial charge in [-0.05, 0) is 6.07 Å². The van der Waals surface area contributed by atoms with E-state index in [0.717, 1.165) is 6.07 Å². The standard InChI is InChI=1S/C11H10ClN5O3/c1-16(5-10-13-6-14-15-10)11(18)8-3-2-7(17(19)20)4-9(8)12/h2-4,6H,5H2,1H3,(H,13,14,15). The van der Waals surface area contributed by atoms with Gasteiger partial charge >= 0.3 is 0 Å². The molecule has 9 heteroatoms. The normalized spacial score (nSPS) is 10.3. The zero-order valence-corrected chi connectivity index (χ0v) is 11.2. The number of nitrogens with zero attached hydrogens (tertiary/aromatic N) is 4. The van der Waals surface area contributed by atoms with Crippen LogP contribution in [-0.4, -0.2) is 38.0 Å². The lowest BCUT2D eigenvalue weighted by atomic mass is 10.2. The number of carbonyl (C=O) groups is 1. The molecular formula is C11H10ClN5O3. The van der Waals surface area contributed by atoms with Crippen LogP contribution in [0.15, 0.2) is 24.5 Å². The third-order valence-electron chi connectivity index (χ3n) is 2.59. The van der Waals surface area contributed by atoms with E-state index in [0.29, 0.717) is 5.82 Å². The average molecular weight is 296 g/mol. The number of hydrogen-bond acceptors (Lipinski definition) is 5. The number of non-ortho nitro benzene ring substituents is 1. The van der Waals surface area contributed by atoms with Gasteiger partial charge in [0.1, 0.15) is 12.2 Å². The Morgan fingerprint density at radius 1 is 1.55 bits per heavy atom. The maximum atomic E-state index is 12.2. The van der Waals surface area contributed by atoms with Crippen molar-refractivity contribution in [1.29, 1.82) is 0 Å². The zero-order valence-electron chi connectivity index (χ0n) is 10.4. The molecule has 0 fully saturated rings. The minimum atomic E-state index is -0.571. The summed E-state index contributed by atoms with van der Waals surface area (Å²) in [5, 5.41) is 17.0. The van der Waals surface area contributed by atoms with Gasteiger partial charge in [-0.25, -0.2) is 4.98 Å². The number of rotatable bonds is 4. The van der Waals surface area contributed by atoms with Gasteiger partial charge in [-0.1, -0.05) is 11.6 Å². The number of nitrogens with one attached hydrogen (secondary N) is 1.